The van der Waals surface area contributed by atoms with Crippen LogP contribution in [0.5, 0.6) is 11.5 Å². The van der Waals surface area contributed by atoms with Crippen LogP contribution in [0.3, 0.4) is 0 Å². The van der Waals surface area contributed by atoms with Gasteiger partial charge in [-0.05, 0) is 85.5 Å². The van der Waals surface area contributed by atoms with Crippen LogP contribution in [0.1, 0.15) is 24.8 Å². The summed E-state index contributed by atoms with van der Waals surface area (Å²) in [5.41, 5.74) is 1.29. The van der Waals surface area contributed by atoms with Gasteiger partial charge in [0.25, 0.3) is 0 Å². The smallest absolute Gasteiger partial charge is 0.231 e. The third kappa shape index (κ3) is 3.71. The maximum atomic E-state index is 5.49. The van der Waals surface area contributed by atoms with Crippen LogP contribution in [-0.2, 0) is 6.54 Å². The van der Waals surface area contributed by atoms with E-state index < -0.39 is 0 Å². The largest absolute Gasteiger partial charge is 0.454 e. The fourth-order valence-corrected chi connectivity index (χ4v) is 3.76. The van der Waals surface area contributed by atoms with Crippen molar-refractivity contribution in [2.24, 2.45) is 5.92 Å². The highest BCUT2D eigenvalue weighted by Crippen LogP contribution is 2.40. The zero-order valence-electron chi connectivity index (χ0n) is 12.5. The van der Waals surface area contributed by atoms with E-state index in [2.05, 4.69) is 38.3 Å². The Morgan fingerprint density at radius 1 is 1.29 bits per heavy atom. The predicted molar refractivity (Wildman–Crippen MR) is 86.8 cm³/mol. The summed E-state index contributed by atoms with van der Waals surface area (Å²) in [6.07, 6.45) is 3.93. The molecule has 0 amide bonds. The molecule has 3 rings (SSSR count). The van der Waals surface area contributed by atoms with E-state index in [1.54, 1.807) is 0 Å². The van der Waals surface area contributed by atoms with Crippen LogP contribution < -0.4 is 14.8 Å². The lowest BCUT2D eigenvalue weighted by Gasteiger charge is -2.32. The minimum atomic E-state index is 0.328. The third-order valence-corrected chi connectivity index (χ3v) is 4.99. The third-order valence-electron chi connectivity index (χ3n) is 4.40. The van der Waals surface area contributed by atoms with Gasteiger partial charge in [-0.3, -0.25) is 4.90 Å². The molecule has 1 aromatic carbocycles. The average Bonchev–Trinajstić information content (AvgIpc) is 2.95. The Bertz CT molecular complexity index is 487. The first-order valence-electron chi connectivity index (χ1n) is 7.71. The molecule has 0 atom stereocenters. The summed E-state index contributed by atoms with van der Waals surface area (Å²) in [5, 5.41) is 3.25. The zero-order chi connectivity index (χ0) is 14.7. The molecule has 0 aromatic heterocycles. The first kappa shape index (κ1) is 15.1. The molecule has 0 spiro atoms. The molecule has 116 valence electrons. The number of fused-ring (bicyclic) bond motifs is 1. The maximum absolute atomic E-state index is 5.49. The molecule has 0 radical (unpaired) electrons. The van der Waals surface area contributed by atoms with Gasteiger partial charge < -0.3 is 14.8 Å². The van der Waals surface area contributed by atoms with E-state index in [4.69, 9.17) is 9.47 Å². The van der Waals surface area contributed by atoms with Gasteiger partial charge in [0.2, 0.25) is 6.79 Å². The van der Waals surface area contributed by atoms with Gasteiger partial charge in [-0.25, -0.2) is 0 Å². The lowest BCUT2D eigenvalue weighted by atomic mass is 9.93. The molecule has 2 aliphatic heterocycles. The highest BCUT2D eigenvalue weighted by Gasteiger charge is 2.21. The molecule has 2 aliphatic rings. The Morgan fingerprint density at radius 2 is 2.10 bits per heavy atom. The fourth-order valence-electron chi connectivity index (χ4n) is 3.15. The Balaban J connectivity index is 1.55. The molecule has 1 saturated heterocycles. The quantitative estimate of drug-likeness (QED) is 0.881. The van der Waals surface area contributed by atoms with Crippen LogP contribution in [0.15, 0.2) is 16.6 Å². The van der Waals surface area contributed by atoms with Crippen LogP contribution in [0, 0.1) is 5.92 Å². The number of ether oxygens (including phenoxy) is 2. The van der Waals surface area contributed by atoms with Gasteiger partial charge in [-0.2, -0.15) is 0 Å². The van der Waals surface area contributed by atoms with E-state index >= 15 is 0 Å². The average molecular weight is 355 g/mol. The van der Waals surface area contributed by atoms with Crippen molar-refractivity contribution in [2.75, 3.05) is 33.5 Å². The Morgan fingerprint density at radius 3 is 2.86 bits per heavy atom. The Kier molecular flexibility index (Phi) is 5.03. The van der Waals surface area contributed by atoms with E-state index in [9.17, 15) is 0 Å². The molecule has 5 heteroatoms. The van der Waals surface area contributed by atoms with Crippen molar-refractivity contribution in [2.45, 2.75) is 25.8 Å². The second-order valence-corrected chi connectivity index (χ2v) is 6.78. The van der Waals surface area contributed by atoms with Gasteiger partial charge >= 0.3 is 0 Å². The molecule has 0 saturated carbocycles. The number of nitrogens with one attached hydrogen (secondary N) is 1. The lowest BCUT2D eigenvalue weighted by Crippen LogP contribution is -2.34. The highest BCUT2D eigenvalue weighted by molar-refractivity contribution is 9.10. The van der Waals surface area contributed by atoms with Crippen molar-refractivity contribution >= 4 is 15.9 Å². The normalized spacial score (nSPS) is 19.1. The van der Waals surface area contributed by atoms with Gasteiger partial charge in [0, 0.05) is 6.54 Å². The molecule has 0 bridgehead atoms. The molecule has 1 fully saturated rings. The van der Waals surface area contributed by atoms with Crippen LogP contribution in [-0.4, -0.2) is 38.4 Å². The SMILES string of the molecule is CNCCC1CCN(Cc2cc(Br)c3c(c2)OCO3)CC1. The van der Waals surface area contributed by atoms with Gasteiger partial charge in [-0.1, -0.05) is 0 Å². The summed E-state index contributed by atoms with van der Waals surface area (Å²) in [5.74, 6) is 2.59. The lowest BCUT2D eigenvalue weighted by molar-refractivity contribution is 0.170. The van der Waals surface area contributed by atoms with Crippen molar-refractivity contribution in [1.29, 1.82) is 0 Å². The van der Waals surface area contributed by atoms with Crippen molar-refractivity contribution in [3.63, 3.8) is 0 Å². The molecule has 0 unspecified atom stereocenters. The van der Waals surface area contributed by atoms with Crippen LogP contribution in [0.25, 0.3) is 0 Å². The number of piperidine rings is 1. The van der Waals surface area contributed by atoms with Crippen molar-refractivity contribution in [1.82, 2.24) is 10.2 Å². The molecule has 0 aliphatic carbocycles. The van der Waals surface area contributed by atoms with Gasteiger partial charge in [0.05, 0.1) is 4.47 Å². The monoisotopic (exact) mass is 354 g/mol. The summed E-state index contributed by atoms with van der Waals surface area (Å²) in [7, 11) is 2.03. The van der Waals surface area contributed by atoms with Crippen LogP contribution >= 0.6 is 15.9 Å². The minimum Gasteiger partial charge on any atom is -0.454 e. The molecular formula is C16H23BrN2O2. The summed E-state index contributed by atoms with van der Waals surface area (Å²) in [6.45, 7) is 4.85. The molecule has 2 heterocycles. The number of hydrogen-bond acceptors (Lipinski definition) is 4. The number of halogens is 1. The number of hydrogen-bond donors (Lipinski definition) is 1. The molecule has 4 nitrogen and oxygen atoms in total. The molecule has 1 aromatic rings. The van der Waals surface area contributed by atoms with Crippen molar-refractivity contribution < 1.29 is 9.47 Å². The van der Waals surface area contributed by atoms with Gasteiger partial charge in [0.15, 0.2) is 11.5 Å². The van der Waals surface area contributed by atoms with E-state index in [1.165, 1.54) is 37.9 Å². The second kappa shape index (κ2) is 6.99. The molecule has 21 heavy (non-hydrogen) atoms. The summed E-state index contributed by atoms with van der Waals surface area (Å²) in [6, 6.07) is 4.26. The van der Waals surface area contributed by atoms with E-state index in [0.717, 1.165) is 35.0 Å². The topological polar surface area (TPSA) is 33.7 Å². The number of benzene rings is 1. The summed E-state index contributed by atoms with van der Waals surface area (Å²) in [4.78, 5) is 2.54. The van der Waals surface area contributed by atoms with E-state index in [1.807, 2.05) is 7.05 Å². The van der Waals surface area contributed by atoms with E-state index in [0.29, 0.717) is 6.79 Å². The zero-order valence-corrected chi connectivity index (χ0v) is 14.1. The summed E-state index contributed by atoms with van der Waals surface area (Å²) >= 11 is 3.57. The first-order valence-corrected chi connectivity index (χ1v) is 8.50. The standard InChI is InChI=1S/C16H23BrN2O2/c1-18-5-2-12-3-6-19(7-4-12)10-13-8-14(17)16-15(9-13)20-11-21-16/h8-9,12,18H,2-7,10-11H2,1H3. The minimum absolute atomic E-state index is 0.328. The first-order chi connectivity index (χ1) is 10.3. The Hall–Kier alpha value is -0.780. The molecule has 1 N–H and O–H groups in total. The highest BCUT2D eigenvalue weighted by atomic mass is 79.9. The maximum Gasteiger partial charge on any atom is 0.231 e. The fraction of sp³-hybridized carbons (Fsp3) is 0.625. The van der Waals surface area contributed by atoms with Crippen LogP contribution in [0.2, 0.25) is 0 Å². The number of nitrogens with zero attached hydrogens (tertiary/aromatic N) is 1. The van der Waals surface area contributed by atoms with E-state index in [-0.39, 0.29) is 0 Å². The van der Waals surface area contributed by atoms with Crippen LogP contribution in [0.4, 0.5) is 0 Å². The van der Waals surface area contributed by atoms with Gasteiger partial charge in [0.1, 0.15) is 0 Å². The number of rotatable bonds is 5. The van der Waals surface area contributed by atoms with Crippen molar-refractivity contribution in [3.05, 3.63) is 22.2 Å². The van der Waals surface area contributed by atoms with Gasteiger partial charge in [-0.15, -0.1) is 0 Å². The number of likely N-dealkylation sites (tertiary alicyclic amines) is 1. The summed E-state index contributed by atoms with van der Waals surface area (Å²) < 4.78 is 11.9. The van der Waals surface area contributed by atoms with Crippen molar-refractivity contribution in [3.8, 4) is 11.5 Å². The molecular weight excluding hydrogens is 332 g/mol. The predicted octanol–water partition coefficient (Wildman–Crippen LogP) is 3.00. The second-order valence-electron chi connectivity index (χ2n) is 5.92. The Labute approximate surface area is 134 Å².